The van der Waals surface area contributed by atoms with Gasteiger partial charge in [-0.2, -0.15) is 9.67 Å². The van der Waals surface area contributed by atoms with Crippen LogP contribution in [0.15, 0.2) is 24.3 Å². The van der Waals surface area contributed by atoms with Gasteiger partial charge in [0.05, 0.1) is 18.3 Å². The Morgan fingerprint density at radius 1 is 1.00 bits per heavy atom. The molecule has 3 heterocycles. The molecule has 2 fully saturated rings. The lowest BCUT2D eigenvalue weighted by atomic mass is 10.2. The van der Waals surface area contributed by atoms with E-state index in [1.807, 2.05) is 24.3 Å². The van der Waals surface area contributed by atoms with Gasteiger partial charge in [-0.25, -0.2) is 4.39 Å². The van der Waals surface area contributed by atoms with E-state index in [0.29, 0.717) is 6.54 Å². The van der Waals surface area contributed by atoms with Crippen molar-refractivity contribution in [1.82, 2.24) is 19.7 Å². The van der Waals surface area contributed by atoms with E-state index in [0.717, 1.165) is 31.0 Å². The summed E-state index contributed by atoms with van der Waals surface area (Å²) in [6, 6.07) is 7.74. The number of anilines is 3. The van der Waals surface area contributed by atoms with Gasteiger partial charge in [0.15, 0.2) is 0 Å². The maximum Gasteiger partial charge on any atom is 0.241 e. The second kappa shape index (κ2) is 5.94. The minimum absolute atomic E-state index is 0.0120. The van der Waals surface area contributed by atoms with Crippen LogP contribution in [0, 0.1) is 0 Å². The Bertz CT molecular complexity index is 708. The highest BCUT2D eigenvalue weighted by atomic mass is 19.1. The van der Waals surface area contributed by atoms with Crippen LogP contribution in [0.25, 0.3) is 5.69 Å². The number of nitrogens with two attached hydrogens (primary N) is 2. The van der Waals surface area contributed by atoms with E-state index in [4.69, 9.17) is 11.5 Å². The van der Waals surface area contributed by atoms with Gasteiger partial charge in [-0.15, -0.1) is 5.10 Å². The molecule has 1 aromatic carbocycles. The van der Waals surface area contributed by atoms with E-state index >= 15 is 0 Å². The first-order valence-electron chi connectivity index (χ1n) is 8.33. The largest absolute Gasteiger partial charge is 0.368 e. The van der Waals surface area contributed by atoms with Gasteiger partial charge in [0.2, 0.25) is 11.9 Å². The third-order valence-corrected chi connectivity index (χ3v) is 4.94. The van der Waals surface area contributed by atoms with Crippen molar-refractivity contribution >= 4 is 17.6 Å². The van der Waals surface area contributed by atoms with E-state index < -0.39 is 6.17 Å². The van der Waals surface area contributed by atoms with Gasteiger partial charge in [0.25, 0.3) is 0 Å². The molecule has 0 amide bonds. The fourth-order valence-corrected chi connectivity index (χ4v) is 3.71. The van der Waals surface area contributed by atoms with Gasteiger partial charge in [-0.3, -0.25) is 4.90 Å². The molecule has 0 radical (unpaired) electrons. The lowest BCUT2D eigenvalue weighted by Crippen LogP contribution is -2.39. The summed E-state index contributed by atoms with van der Waals surface area (Å²) in [5.41, 5.74) is 13.1. The lowest BCUT2D eigenvalue weighted by molar-refractivity contribution is 0.173. The average molecular weight is 331 g/mol. The number of aromatic nitrogens is 3. The maximum absolute atomic E-state index is 14.4. The molecule has 2 aromatic rings. The monoisotopic (exact) mass is 331 g/mol. The first-order chi connectivity index (χ1) is 11.6. The molecule has 0 bridgehead atoms. The van der Waals surface area contributed by atoms with Crippen molar-refractivity contribution in [3.63, 3.8) is 0 Å². The number of likely N-dealkylation sites (tertiary alicyclic amines) is 1. The van der Waals surface area contributed by atoms with Gasteiger partial charge < -0.3 is 16.4 Å². The Hall–Kier alpha value is -2.35. The van der Waals surface area contributed by atoms with Crippen LogP contribution >= 0.6 is 0 Å². The molecule has 2 unspecified atom stereocenters. The molecule has 8 heteroatoms. The van der Waals surface area contributed by atoms with E-state index in [2.05, 4.69) is 19.9 Å². The molecule has 0 spiro atoms. The number of hydrogen-bond donors (Lipinski definition) is 2. The highest BCUT2D eigenvalue weighted by molar-refractivity contribution is 5.53. The molecule has 2 atom stereocenters. The molecule has 24 heavy (non-hydrogen) atoms. The van der Waals surface area contributed by atoms with Crippen LogP contribution in [0.3, 0.4) is 0 Å². The van der Waals surface area contributed by atoms with Crippen LogP contribution in [0.5, 0.6) is 0 Å². The van der Waals surface area contributed by atoms with Crippen LogP contribution in [0.1, 0.15) is 12.8 Å². The Labute approximate surface area is 140 Å². The highest BCUT2D eigenvalue weighted by Crippen LogP contribution is 2.28. The van der Waals surface area contributed by atoms with Crippen LogP contribution in [0.2, 0.25) is 0 Å². The molecule has 2 aliphatic rings. The van der Waals surface area contributed by atoms with Crippen LogP contribution < -0.4 is 16.4 Å². The molecule has 0 aliphatic carbocycles. The van der Waals surface area contributed by atoms with Gasteiger partial charge in [-0.05, 0) is 50.2 Å². The van der Waals surface area contributed by atoms with E-state index in [-0.39, 0.29) is 17.9 Å². The standard InChI is InChI=1S/C16H22FN7/c17-13-9-23(10-14(13)22-7-1-2-8-22)11-3-5-12(6-4-11)24-16(19)20-15(18)21-24/h3-6,13-14H,1-2,7-10H2,(H4,18,19,20,21). The van der Waals surface area contributed by atoms with Crippen molar-refractivity contribution in [3.05, 3.63) is 24.3 Å². The Kier molecular flexibility index (Phi) is 3.76. The lowest BCUT2D eigenvalue weighted by Gasteiger charge is -2.25. The van der Waals surface area contributed by atoms with Crippen molar-refractivity contribution < 1.29 is 4.39 Å². The first-order valence-corrected chi connectivity index (χ1v) is 8.33. The minimum Gasteiger partial charge on any atom is -0.368 e. The molecular weight excluding hydrogens is 309 g/mol. The van der Waals surface area contributed by atoms with Crippen LogP contribution in [-0.2, 0) is 0 Å². The Morgan fingerprint density at radius 2 is 1.67 bits per heavy atom. The zero-order chi connectivity index (χ0) is 16.7. The van der Waals surface area contributed by atoms with Crippen LogP contribution in [0.4, 0.5) is 22.0 Å². The Morgan fingerprint density at radius 3 is 2.29 bits per heavy atom. The molecule has 2 saturated heterocycles. The van der Waals surface area contributed by atoms with Gasteiger partial charge in [0, 0.05) is 12.2 Å². The van der Waals surface area contributed by atoms with E-state index in [1.165, 1.54) is 17.5 Å². The number of alkyl halides is 1. The predicted molar refractivity (Wildman–Crippen MR) is 91.9 cm³/mol. The molecule has 0 saturated carbocycles. The fourth-order valence-electron chi connectivity index (χ4n) is 3.71. The topological polar surface area (TPSA) is 89.2 Å². The van der Waals surface area contributed by atoms with Crippen molar-refractivity contribution in [2.24, 2.45) is 0 Å². The maximum atomic E-state index is 14.4. The van der Waals surface area contributed by atoms with Crippen molar-refractivity contribution in [2.75, 3.05) is 42.5 Å². The molecular formula is C16H22FN7. The van der Waals surface area contributed by atoms with Crippen LogP contribution in [-0.4, -0.2) is 58.1 Å². The third-order valence-electron chi connectivity index (χ3n) is 4.94. The fraction of sp³-hybridized carbons (Fsp3) is 0.500. The zero-order valence-corrected chi connectivity index (χ0v) is 13.5. The molecule has 128 valence electrons. The molecule has 1 aromatic heterocycles. The second-order valence-corrected chi connectivity index (χ2v) is 6.49. The van der Waals surface area contributed by atoms with Crippen molar-refractivity contribution in [2.45, 2.75) is 25.1 Å². The SMILES string of the molecule is Nc1nc(N)n(-c2ccc(N3CC(F)C(N4CCCC4)C3)cc2)n1. The number of rotatable bonds is 3. The quantitative estimate of drug-likeness (QED) is 0.874. The smallest absolute Gasteiger partial charge is 0.241 e. The average Bonchev–Trinajstić information content (AvgIpc) is 3.28. The summed E-state index contributed by atoms with van der Waals surface area (Å²) in [5.74, 6) is 0.393. The number of nitrogens with zero attached hydrogens (tertiary/aromatic N) is 5. The summed E-state index contributed by atoms with van der Waals surface area (Å²) < 4.78 is 15.9. The zero-order valence-electron chi connectivity index (χ0n) is 13.5. The summed E-state index contributed by atoms with van der Waals surface area (Å²) in [5, 5.41) is 4.06. The van der Waals surface area contributed by atoms with Crippen molar-refractivity contribution in [3.8, 4) is 5.69 Å². The number of nitrogen functional groups attached to an aromatic ring is 2. The summed E-state index contributed by atoms with van der Waals surface area (Å²) in [7, 11) is 0. The summed E-state index contributed by atoms with van der Waals surface area (Å²) >= 11 is 0. The van der Waals surface area contributed by atoms with E-state index in [1.54, 1.807) is 0 Å². The molecule has 2 aliphatic heterocycles. The second-order valence-electron chi connectivity index (χ2n) is 6.49. The summed E-state index contributed by atoms with van der Waals surface area (Å²) in [6.07, 6.45) is 1.56. The highest BCUT2D eigenvalue weighted by Gasteiger charge is 2.37. The number of halogens is 1. The normalized spacial score (nSPS) is 24.8. The molecule has 4 rings (SSSR count). The minimum atomic E-state index is -0.798. The summed E-state index contributed by atoms with van der Waals surface area (Å²) in [4.78, 5) is 8.29. The van der Waals surface area contributed by atoms with E-state index in [9.17, 15) is 4.39 Å². The van der Waals surface area contributed by atoms with Gasteiger partial charge in [0.1, 0.15) is 6.17 Å². The molecule has 7 nitrogen and oxygen atoms in total. The van der Waals surface area contributed by atoms with Crippen molar-refractivity contribution in [1.29, 1.82) is 0 Å². The number of hydrogen-bond acceptors (Lipinski definition) is 6. The number of benzene rings is 1. The predicted octanol–water partition coefficient (Wildman–Crippen LogP) is 1.05. The Balaban J connectivity index is 1.50. The summed E-state index contributed by atoms with van der Waals surface area (Å²) in [6.45, 7) is 3.22. The molecule has 4 N–H and O–H groups in total. The van der Waals surface area contributed by atoms with Gasteiger partial charge in [-0.1, -0.05) is 0 Å². The third kappa shape index (κ3) is 2.66. The first kappa shape index (κ1) is 15.2. The van der Waals surface area contributed by atoms with Gasteiger partial charge >= 0.3 is 0 Å².